The molecule has 27 heavy (non-hydrogen) atoms. The predicted octanol–water partition coefficient (Wildman–Crippen LogP) is 1.30. The number of amides is 1. The SMILES string of the molecule is CN=C(NCCCOCC1CCOC1)NCCC(=O)NCc1ccccc1. The Hall–Kier alpha value is -2.12. The van der Waals surface area contributed by atoms with E-state index in [2.05, 4.69) is 20.9 Å². The van der Waals surface area contributed by atoms with Crippen LogP contribution in [-0.2, 0) is 20.8 Å². The number of carbonyl (C=O) groups is 1. The molecule has 0 saturated carbocycles. The summed E-state index contributed by atoms with van der Waals surface area (Å²) in [6.45, 7) is 5.07. The number of aliphatic imine (C=N–C) groups is 1. The lowest BCUT2D eigenvalue weighted by atomic mass is 10.1. The van der Waals surface area contributed by atoms with Gasteiger partial charge in [0.25, 0.3) is 0 Å². The highest BCUT2D eigenvalue weighted by molar-refractivity contribution is 5.81. The van der Waals surface area contributed by atoms with Crippen LogP contribution in [0.1, 0.15) is 24.8 Å². The molecule has 1 unspecified atom stereocenters. The van der Waals surface area contributed by atoms with Crippen molar-refractivity contribution < 1.29 is 14.3 Å². The first-order valence-corrected chi connectivity index (χ1v) is 9.68. The molecule has 1 aromatic carbocycles. The zero-order valence-electron chi connectivity index (χ0n) is 16.2. The summed E-state index contributed by atoms with van der Waals surface area (Å²) in [7, 11) is 1.72. The van der Waals surface area contributed by atoms with Crippen LogP contribution in [0.3, 0.4) is 0 Å². The molecular weight excluding hydrogens is 344 g/mol. The van der Waals surface area contributed by atoms with Crippen LogP contribution in [0.4, 0.5) is 0 Å². The second-order valence-electron chi connectivity index (χ2n) is 6.60. The minimum Gasteiger partial charge on any atom is -0.381 e. The van der Waals surface area contributed by atoms with E-state index >= 15 is 0 Å². The Bertz CT molecular complexity index is 560. The van der Waals surface area contributed by atoms with Crippen molar-refractivity contribution in [1.82, 2.24) is 16.0 Å². The Labute approximate surface area is 161 Å². The van der Waals surface area contributed by atoms with Crippen molar-refractivity contribution in [1.29, 1.82) is 0 Å². The van der Waals surface area contributed by atoms with Gasteiger partial charge in [-0.25, -0.2) is 0 Å². The normalized spacial score (nSPS) is 16.9. The lowest BCUT2D eigenvalue weighted by Gasteiger charge is -2.12. The summed E-state index contributed by atoms with van der Waals surface area (Å²) in [5, 5.41) is 9.30. The first-order valence-electron chi connectivity index (χ1n) is 9.68. The van der Waals surface area contributed by atoms with Crippen molar-refractivity contribution >= 4 is 11.9 Å². The van der Waals surface area contributed by atoms with Gasteiger partial charge in [-0.3, -0.25) is 9.79 Å². The van der Waals surface area contributed by atoms with Crippen LogP contribution in [0.2, 0.25) is 0 Å². The molecule has 0 radical (unpaired) electrons. The van der Waals surface area contributed by atoms with Gasteiger partial charge in [-0.2, -0.15) is 0 Å². The van der Waals surface area contributed by atoms with Gasteiger partial charge in [-0.05, 0) is 18.4 Å². The lowest BCUT2D eigenvalue weighted by molar-refractivity contribution is -0.121. The zero-order valence-corrected chi connectivity index (χ0v) is 16.2. The van der Waals surface area contributed by atoms with E-state index in [4.69, 9.17) is 9.47 Å². The maximum atomic E-state index is 11.9. The summed E-state index contributed by atoms with van der Waals surface area (Å²) in [5.41, 5.74) is 1.10. The molecule has 1 heterocycles. The Kier molecular flexibility index (Phi) is 10.3. The highest BCUT2D eigenvalue weighted by Gasteiger charge is 2.15. The molecule has 3 N–H and O–H groups in total. The minimum absolute atomic E-state index is 0.0195. The molecule has 0 bridgehead atoms. The molecule has 1 fully saturated rings. The third-order valence-corrected chi connectivity index (χ3v) is 4.34. The molecule has 7 heteroatoms. The van der Waals surface area contributed by atoms with E-state index in [-0.39, 0.29) is 5.91 Å². The summed E-state index contributed by atoms with van der Waals surface area (Å²) in [6.07, 6.45) is 2.42. The first kappa shape index (κ1) is 21.2. The van der Waals surface area contributed by atoms with Crippen molar-refractivity contribution in [3.63, 3.8) is 0 Å². The van der Waals surface area contributed by atoms with Gasteiger partial charge in [0.05, 0.1) is 13.2 Å². The Balaban J connectivity index is 1.46. The summed E-state index contributed by atoms with van der Waals surface area (Å²) in [6, 6.07) is 9.88. The number of hydrogen-bond acceptors (Lipinski definition) is 4. The molecule has 0 spiro atoms. The highest BCUT2D eigenvalue weighted by Crippen LogP contribution is 2.12. The number of guanidine groups is 1. The van der Waals surface area contributed by atoms with Crippen molar-refractivity contribution in [3.05, 3.63) is 35.9 Å². The standard InChI is InChI=1S/C20H32N4O3/c1-21-20(22-10-5-12-26-15-18-9-13-27-16-18)23-11-8-19(25)24-14-17-6-3-2-4-7-17/h2-4,6-7,18H,5,8-16H2,1H3,(H,24,25)(H2,21,22,23). The van der Waals surface area contributed by atoms with Gasteiger partial charge in [-0.1, -0.05) is 30.3 Å². The van der Waals surface area contributed by atoms with Crippen molar-refractivity contribution in [3.8, 4) is 0 Å². The molecule has 1 aliphatic heterocycles. The quantitative estimate of drug-likeness (QED) is 0.308. The maximum Gasteiger partial charge on any atom is 0.222 e. The summed E-state index contributed by atoms with van der Waals surface area (Å²) >= 11 is 0. The van der Waals surface area contributed by atoms with E-state index in [0.717, 1.165) is 51.4 Å². The maximum absolute atomic E-state index is 11.9. The van der Waals surface area contributed by atoms with Crippen LogP contribution in [0.5, 0.6) is 0 Å². The van der Waals surface area contributed by atoms with Crippen LogP contribution in [0.25, 0.3) is 0 Å². The fourth-order valence-electron chi connectivity index (χ4n) is 2.75. The van der Waals surface area contributed by atoms with Crippen molar-refractivity contribution in [2.24, 2.45) is 10.9 Å². The average Bonchev–Trinajstić information content (AvgIpc) is 3.22. The number of benzene rings is 1. The van der Waals surface area contributed by atoms with Crippen LogP contribution in [-0.4, -0.2) is 58.4 Å². The predicted molar refractivity (Wildman–Crippen MR) is 107 cm³/mol. The molecule has 0 aromatic heterocycles. The molecule has 150 valence electrons. The van der Waals surface area contributed by atoms with E-state index in [1.807, 2.05) is 30.3 Å². The van der Waals surface area contributed by atoms with Gasteiger partial charge in [0.1, 0.15) is 0 Å². The van der Waals surface area contributed by atoms with Gasteiger partial charge < -0.3 is 25.4 Å². The first-order chi connectivity index (χ1) is 13.3. The molecule has 0 aliphatic carbocycles. The third kappa shape index (κ3) is 9.40. The average molecular weight is 377 g/mol. The smallest absolute Gasteiger partial charge is 0.222 e. The fourth-order valence-corrected chi connectivity index (χ4v) is 2.75. The van der Waals surface area contributed by atoms with Gasteiger partial charge >= 0.3 is 0 Å². The van der Waals surface area contributed by atoms with Gasteiger partial charge in [0.15, 0.2) is 5.96 Å². The summed E-state index contributed by atoms with van der Waals surface area (Å²) in [4.78, 5) is 16.1. The molecule has 1 aliphatic rings. The van der Waals surface area contributed by atoms with Crippen LogP contribution < -0.4 is 16.0 Å². The Morgan fingerprint density at radius 1 is 1.22 bits per heavy atom. The molecule has 1 saturated heterocycles. The largest absolute Gasteiger partial charge is 0.381 e. The van der Waals surface area contributed by atoms with E-state index < -0.39 is 0 Å². The number of ether oxygens (including phenoxy) is 2. The fraction of sp³-hybridized carbons (Fsp3) is 0.600. The molecule has 2 rings (SSSR count). The van der Waals surface area contributed by atoms with E-state index in [1.54, 1.807) is 7.05 Å². The van der Waals surface area contributed by atoms with E-state index in [1.165, 1.54) is 0 Å². The monoisotopic (exact) mass is 376 g/mol. The molecule has 1 atom stereocenters. The Morgan fingerprint density at radius 2 is 2.04 bits per heavy atom. The molecular formula is C20H32N4O3. The van der Waals surface area contributed by atoms with Crippen molar-refractivity contribution in [2.45, 2.75) is 25.8 Å². The number of nitrogens with zero attached hydrogens (tertiary/aromatic N) is 1. The lowest BCUT2D eigenvalue weighted by Crippen LogP contribution is -2.39. The zero-order chi connectivity index (χ0) is 19.2. The second kappa shape index (κ2) is 13.1. The van der Waals surface area contributed by atoms with E-state index in [0.29, 0.717) is 31.4 Å². The highest BCUT2D eigenvalue weighted by atomic mass is 16.5. The van der Waals surface area contributed by atoms with Crippen molar-refractivity contribution in [2.75, 3.05) is 46.6 Å². The van der Waals surface area contributed by atoms with Crippen LogP contribution in [0, 0.1) is 5.92 Å². The van der Waals surface area contributed by atoms with Gasteiger partial charge in [0.2, 0.25) is 5.91 Å². The summed E-state index contributed by atoms with van der Waals surface area (Å²) < 4.78 is 11.0. The number of carbonyl (C=O) groups excluding carboxylic acids is 1. The topological polar surface area (TPSA) is 84.0 Å². The van der Waals surface area contributed by atoms with E-state index in [9.17, 15) is 4.79 Å². The molecule has 1 aromatic rings. The van der Waals surface area contributed by atoms with Crippen LogP contribution in [0.15, 0.2) is 35.3 Å². The number of nitrogens with one attached hydrogen (secondary N) is 3. The number of hydrogen-bond donors (Lipinski definition) is 3. The minimum atomic E-state index is 0.0195. The van der Waals surface area contributed by atoms with Gasteiger partial charge in [0, 0.05) is 52.2 Å². The molecule has 1 amide bonds. The number of rotatable bonds is 11. The van der Waals surface area contributed by atoms with Gasteiger partial charge in [-0.15, -0.1) is 0 Å². The van der Waals surface area contributed by atoms with Crippen LogP contribution >= 0.6 is 0 Å². The Morgan fingerprint density at radius 3 is 2.78 bits per heavy atom. The third-order valence-electron chi connectivity index (χ3n) is 4.34. The second-order valence-corrected chi connectivity index (χ2v) is 6.60. The summed E-state index contributed by atoms with van der Waals surface area (Å²) in [5.74, 6) is 1.28. The molecule has 7 nitrogen and oxygen atoms in total.